The van der Waals surface area contributed by atoms with Gasteiger partial charge < -0.3 is 5.32 Å². The summed E-state index contributed by atoms with van der Waals surface area (Å²) in [5, 5.41) is 3.45. The number of Topliss-reactive ketones (excluding diaryl/α,β-unsaturated/α-hetero) is 1. The number of rotatable bonds is 0. The van der Waals surface area contributed by atoms with E-state index in [1.54, 1.807) is 0 Å². The van der Waals surface area contributed by atoms with Crippen LogP contribution in [-0.2, 0) is 4.79 Å². The lowest BCUT2D eigenvalue weighted by atomic mass is 9.58. The van der Waals surface area contributed by atoms with Crippen LogP contribution in [0.15, 0.2) is 0 Å². The highest BCUT2D eigenvalue weighted by atomic mass is 16.1. The van der Waals surface area contributed by atoms with E-state index in [0.717, 1.165) is 18.8 Å². The largest absolute Gasteiger partial charge is 0.317 e. The summed E-state index contributed by atoms with van der Waals surface area (Å²) in [7, 11) is 0. The topological polar surface area (TPSA) is 29.1 Å². The average molecular weight is 221 g/mol. The number of fused-ring (bicyclic) bond motifs is 1. The predicted molar refractivity (Wildman–Crippen MR) is 64.2 cm³/mol. The third-order valence-corrected chi connectivity index (χ3v) is 5.34. The molecule has 2 atom stereocenters. The zero-order valence-corrected chi connectivity index (χ0v) is 10.1. The molecule has 0 bridgehead atoms. The van der Waals surface area contributed by atoms with Crippen molar-refractivity contribution in [3.05, 3.63) is 0 Å². The van der Waals surface area contributed by atoms with Crippen molar-refractivity contribution in [2.24, 2.45) is 17.3 Å². The van der Waals surface area contributed by atoms with Crippen LogP contribution in [0.3, 0.4) is 0 Å². The molecule has 0 radical (unpaired) electrons. The van der Waals surface area contributed by atoms with Crippen LogP contribution in [0.5, 0.6) is 0 Å². The van der Waals surface area contributed by atoms with Gasteiger partial charge in [0.2, 0.25) is 0 Å². The number of carbonyl (C=O) groups is 1. The van der Waals surface area contributed by atoms with E-state index in [1.807, 2.05) is 0 Å². The van der Waals surface area contributed by atoms with Crippen molar-refractivity contribution in [1.29, 1.82) is 0 Å². The summed E-state index contributed by atoms with van der Waals surface area (Å²) in [6, 6.07) is 0. The third kappa shape index (κ3) is 1.81. The Labute approximate surface area is 98.2 Å². The Balaban J connectivity index is 1.74. The van der Waals surface area contributed by atoms with Gasteiger partial charge in [0.25, 0.3) is 0 Å². The first-order valence-electron chi connectivity index (χ1n) is 7.03. The molecule has 90 valence electrons. The van der Waals surface area contributed by atoms with E-state index < -0.39 is 0 Å². The minimum absolute atomic E-state index is 0.445. The normalized spacial score (nSPS) is 38.4. The fourth-order valence-corrected chi connectivity index (χ4v) is 4.29. The zero-order valence-electron chi connectivity index (χ0n) is 10.1. The summed E-state index contributed by atoms with van der Waals surface area (Å²) < 4.78 is 0. The van der Waals surface area contributed by atoms with E-state index in [-0.39, 0.29) is 0 Å². The summed E-state index contributed by atoms with van der Waals surface area (Å²) in [5.74, 6) is 1.79. The molecule has 1 saturated heterocycles. The number of hydrogen-bond donors (Lipinski definition) is 1. The molecule has 1 N–H and O–H groups in total. The second-order valence-corrected chi connectivity index (χ2v) is 6.22. The molecule has 2 unspecified atom stereocenters. The van der Waals surface area contributed by atoms with Gasteiger partial charge in [-0.2, -0.15) is 0 Å². The number of ketones is 1. The van der Waals surface area contributed by atoms with Gasteiger partial charge in [-0.15, -0.1) is 0 Å². The van der Waals surface area contributed by atoms with Gasteiger partial charge in [-0.05, 0) is 69.4 Å². The quantitative estimate of drug-likeness (QED) is 0.681. The first kappa shape index (κ1) is 10.8. The summed E-state index contributed by atoms with van der Waals surface area (Å²) in [6.07, 6.45) is 9.92. The lowest BCUT2D eigenvalue weighted by Gasteiger charge is -2.48. The molecule has 0 aromatic carbocycles. The second-order valence-electron chi connectivity index (χ2n) is 6.22. The van der Waals surface area contributed by atoms with Crippen molar-refractivity contribution in [3.63, 3.8) is 0 Å². The van der Waals surface area contributed by atoms with Crippen LogP contribution in [0.2, 0.25) is 0 Å². The van der Waals surface area contributed by atoms with Crippen molar-refractivity contribution in [2.75, 3.05) is 13.1 Å². The Morgan fingerprint density at radius 1 is 1.12 bits per heavy atom. The summed E-state index contributed by atoms with van der Waals surface area (Å²) in [6.45, 7) is 2.34. The van der Waals surface area contributed by atoms with E-state index in [2.05, 4.69) is 5.32 Å². The van der Waals surface area contributed by atoms with Crippen LogP contribution < -0.4 is 5.32 Å². The van der Waals surface area contributed by atoms with Crippen molar-refractivity contribution in [1.82, 2.24) is 5.32 Å². The second kappa shape index (κ2) is 4.14. The molecule has 1 heterocycles. The van der Waals surface area contributed by atoms with E-state index in [4.69, 9.17) is 0 Å². The molecule has 1 aliphatic heterocycles. The van der Waals surface area contributed by atoms with Gasteiger partial charge in [-0.3, -0.25) is 4.79 Å². The van der Waals surface area contributed by atoms with Gasteiger partial charge in [-0.25, -0.2) is 0 Å². The lowest BCUT2D eigenvalue weighted by molar-refractivity contribution is -0.131. The van der Waals surface area contributed by atoms with Gasteiger partial charge in [0.15, 0.2) is 0 Å². The SMILES string of the molecule is O=C1CCCC2CCC3(CCNCC3)CC12. The minimum atomic E-state index is 0.445. The molecule has 0 amide bonds. The molecule has 3 fully saturated rings. The van der Waals surface area contributed by atoms with Crippen LogP contribution in [-0.4, -0.2) is 18.9 Å². The molecule has 1 spiro atoms. The fraction of sp³-hybridized carbons (Fsp3) is 0.929. The maximum atomic E-state index is 12.0. The predicted octanol–water partition coefficient (Wildman–Crippen LogP) is 2.53. The summed E-state index contributed by atoms with van der Waals surface area (Å²) >= 11 is 0. The van der Waals surface area contributed by atoms with E-state index >= 15 is 0 Å². The first-order chi connectivity index (χ1) is 7.79. The number of nitrogens with one attached hydrogen (secondary N) is 1. The molecular weight excluding hydrogens is 198 g/mol. The molecular formula is C14H23NO. The number of carbonyl (C=O) groups excluding carboxylic acids is 1. The Hall–Kier alpha value is -0.370. The van der Waals surface area contributed by atoms with Crippen LogP contribution in [0.1, 0.15) is 51.4 Å². The fourth-order valence-electron chi connectivity index (χ4n) is 4.29. The van der Waals surface area contributed by atoms with Crippen molar-refractivity contribution in [3.8, 4) is 0 Å². The number of piperidine rings is 1. The minimum Gasteiger partial charge on any atom is -0.317 e. The van der Waals surface area contributed by atoms with Gasteiger partial charge >= 0.3 is 0 Å². The zero-order chi connectivity index (χ0) is 11.0. The summed E-state index contributed by atoms with van der Waals surface area (Å²) in [4.78, 5) is 12.0. The van der Waals surface area contributed by atoms with Crippen LogP contribution in [0.4, 0.5) is 0 Å². The molecule has 3 aliphatic rings. The molecule has 2 heteroatoms. The Kier molecular flexibility index (Phi) is 2.78. The molecule has 2 nitrogen and oxygen atoms in total. The van der Waals surface area contributed by atoms with Gasteiger partial charge in [0.05, 0.1) is 0 Å². The molecule has 3 rings (SSSR count). The number of hydrogen-bond acceptors (Lipinski definition) is 2. The molecule has 0 aromatic heterocycles. The van der Waals surface area contributed by atoms with Crippen LogP contribution in [0.25, 0.3) is 0 Å². The van der Waals surface area contributed by atoms with Crippen molar-refractivity contribution < 1.29 is 4.79 Å². The monoisotopic (exact) mass is 221 g/mol. The van der Waals surface area contributed by atoms with Gasteiger partial charge in [-0.1, -0.05) is 0 Å². The van der Waals surface area contributed by atoms with Crippen LogP contribution >= 0.6 is 0 Å². The highest BCUT2D eigenvalue weighted by Crippen LogP contribution is 2.50. The first-order valence-corrected chi connectivity index (χ1v) is 7.03. The molecule has 0 aromatic rings. The lowest BCUT2D eigenvalue weighted by Crippen LogP contribution is -2.45. The molecule has 2 saturated carbocycles. The standard InChI is InChI=1S/C14H23NO/c16-13-3-1-2-11-4-5-14(10-12(11)13)6-8-15-9-7-14/h11-12,15H,1-10H2. The third-order valence-electron chi connectivity index (χ3n) is 5.34. The van der Waals surface area contributed by atoms with E-state index in [9.17, 15) is 4.79 Å². The molecule has 2 aliphatic carbocycles. The smallest absolute Gasteiger partial charge is 0.136 e. The van der Waals surface area contributed by atoms with Crippen molar-refractivity contribution in [2.45, 2.75) is 51.4 Å². The Morgan fingerprint density at radius 3 is 2.75 bits per heavy atom. The summed E-state index contributed by atoms with van der Waals surface area (Å²) in [5.41, 5.74) is 0.541. The highest BCUT2D eigenvalue weighted by molar-refractivity contribution is 5.82. The maximum absolute atomic E-state index is 12.0. The van der Waals surface area contributed by atoms with Gasteiger partial charge in [0, 0.05) is 12.3 Å². The van der Waals surface area contributed by atoms with E-state index in [1.165, 1.54) is 51.6 Å². The average Bonchev–Trinajstić information content (AvgIpc) is 2.32. The highest BCUT2D eigenvalue weighted by Gasteiger charge is 2.44. The Morgan fingerprint density at radius 2 is 1.94 bits per heavy atom. The van der Waals surface area contributed by atoms with Gasteiger partial charge in [0.1, 0.15) is 5.78 Å². The maximum Gasteiger partial charge on any atom is 0.136 e. The Bertz CT molecular complexity index is 280. The van der Waals surface area contributed by atoms with E-state index in [0.29, 0.717) is 17.1 Å². The molecule has 16 heavy (non-hydrogen) atoms. The van der Waals surface area contributed by atoms with Crippen molar-refractivity contribution >= 4 is 5.78 Å². The van der Waals surface area contributed by atoms with Crippen LogP contribution in [0, 0.1) is 17.3 Å².